The summed E-state index contributed by atoms with van der Waals surface area (Å²) in [6.45, 7) is 4.74. The molecule has 22 heavy (non-hydrogen) atoms. The Morgan fingerprint density at radius 3 is 2.27 bits per heavy atom. The Labute approximate surface area is 131 Å². The second-order valence-electron chi connectivity index (χ2n) is 4.99. The van der Waals surface area contributed by atoms with Gasteiger partial charge in [-0.25, -0.2) is 14.4 Å². The number of ether oxygens (including phenoxy) is 2. The molecule has 7 nitrogen and oxygen atoms in total. The van der Waals surface area contributed by atoms with Gasteiger partial charge in [0.25, 0.3) is 0 Å². The first-order valence-electron chi connectivity index (χ1n) is 7.43. The number of carbonyl (C=O) groups excluding carboxylic acids is 3. The van der Waals surface area contributed by atoms with Crippen molar-refractivity contribution in [2.45, 2.75) is 45.6 Å². The maximum Gasteiger partial charge on any atom is 0.331 e. The summed E-state index contributed by atoms with van der Waals surface area (Å²) in [4.78, 5) is 33.2. The third kappa shape index (κ3) is 13.0. The van der Waals surface area contributed by atoms with Gasteiger partial charge in [-0.15, -0.1) is 0 Å². The molecule has 0 heterocycles. The summed E-state index contributed by atoms with van der Waals surface area (Å²) in [6.07, 6.45) is 5.54. The van der Waals surface area contributed by atoms with Gasteiger partial charge in [0.05, 0.1) is 13.7 Å². The second kappa shape index (κ2) is 12.7. The van der Waals surface area contributed by atoms with E-state index in [4.69, 9.17) is 4.74 Å². The quantitative estimate of drug-likeness (QED) is 0.362. The van der Waals surface area contributed by atoms with Crippen molar-refractivity contribution in [3.63, 3.8) is 0 Å². The molecule has 0 aromatic heterocycles. The number of unbranched alkanes of at least 4 members (excludes halogenated alkanes) is 3. The predicted molar refractivity (Wildman–Crippen MR) is 82.3 cm³/mol. The van der Waals surface area contributed by atoms with E-state index in [1.807, 2.05) is 13.8 Å². The lowest BCUT2D eigenvalue weighted by Gasteiger charge is -2.09. The lowest BCUT2D eigenvalue weighted by Crippen LogP contribution is -2.39. The number of methoxy groups -OCH3 is 1. The van der Waals surface area contributed by atoms with E-state index in [0.717, 1.165) is 37.8 Å². The van der Waals surface area contributed by atoms with Crippen LogP contribution < -0.4 is 10.6 Å². The van der Waals surface area contributed by atoms with Crippen LogP contribution in [0.4, 0.5) is 4.79 Å². The lowest BCUT2D eigenvalue weighted by atomic mass is 10.2. The van der Waals surface area contributed by atoms with E-state index >= 15 is 0 Å². The van der Waals surface area contributed by atoms with Crippen LogP contribution in [0.2, 0.25) is 0 Å². The maximum absolute atomic E-state index is 11.3. The van der Waals surface area contributed by atoms with Crippen LogP contribution in [0, 0.1) is 0 Å². The Morgan fingerprint density at radius 2 is 1.64 bits per heavy atom. The van der Waals surface area contributed by atoms with Gasteiger partial charge in [-0.2, -0.15) is 0 Å². The number of carbonyl (C=O) groups is 3. The number of hydrogen-bond acceptors (Lipinski definition) is 5. The number of rotatable bonds is 10. The fourth-order valence-corrected chi connectivity index (χ4v) is 1.52. The Hall–Kier alpha value is -2.05. The van der Waals surface area contributed by atoms with Crippen LogP contribution >= 0.6 is 0 Å². The molecule has 0 saturated carbocycles. The van der Waals surface area contributed by atoms with Crippen molar-refractivity contribution in [1.29, 1.82) is 0 Å². The molecule has 126 valence electrons. The minimum atomic E-state index is -0.592. The molecule has 0 unspecified atom stereocenters. The summed E-state index contributed by atoms with van der Waals surface area (Å²) < 4.78 is 9.26. The van der Waals surface area contributed by atoms with Crippen molar-refractivity contribution in [3.05, 3.63) is 12.2 Å². The van der Waals surface area contributed by atoms with E-state index in [1.54, 1.807) is 0 Å². The predicted octanol–water partition coefficient (Wildman–Crippen LogP) is 1.53. The molecule has 2 N–H and O–H groups in total. The first kappa shape index (κ1) is 19.9. The molecule has 0 fully saturated rings. The average molecular weight is 314 g/mol. The molecule has 0 aromatic carbocycles. The van der Waals surface area contributed by atoms with Crippen LogP contribution in [-0.4, -0.2) is 44.3 Å². The monoisotopic (exact) mass is 314 g/mol. The van der Waals surface area contributed by atoms with Gasteiger partial charge < -0.3 is 20.1 Å². The van der Waals surface area contributed by atoms with E-state index in [-0.39, 0.29) is 12.1 Å². The highest BCUT2D eigenvalue weighted by molar-refractivity contribution is 5.91. The van der Waals surface area contributed by atoms with Gasteiger partial charge >= 0.3 is 18.0 Å². The third-order valence-electron chi connectivity index (χ3n) is 2.58. The zero-order chi connectivity index (χ0) is 16.8. The first-order valence-corrected chi connectivity index (χ1v) is 7.43. The van der Waals surface area contributed by atoms with Gasteiger partial charge in [0.15, 0.2) is 0 Å². The summed E-state index contributed by atoms with van der Waals surface area (Å²) >= 11 is 0. The zero-order valence-corrected chi connectivity index (χ0v) is 13.5. The normalized spacial score (nSPS) is 10.5. The fraction of sp³-hybridized carbons (Fsp3) is 0.667. The summed E-state index contributed by atoms with van der Waals surface area (Å²) in [6, 6.07) is -0.0239. The van der Waals surface area contributed by atoms with Crippen LogP contribution in [0.5, 0.6) is 0 Å². The molecule has 0 aromatic rings. The Balaban J connectivity index is 3.43. The van der Waals surface area contributed by atoms with Crippen LogP contribution in [0.1, 0.15) is 39.5 Å². The number of urea groups is 1. The van der Waals surface area contributed by atoms with Crippen LogP contribution in [0.3, 0.4) is 0 Å². The molecule has 0 rings (SSSR count). The molecule has 0 radical (unpaired) electrons. The minimum Gasteiger partial charge on any atom is -0.466 e. The highest BCUT2D eigenvalue weighted by atomic mass is 16.5. The van der Waals surface area contributed by atoms with Gasteiger partial charge in [0, 0.05) is 24.7 Å². The highest BCUT2D eigenvalue weighted by Gasteiger charge is 2.01. The highest BCUT2D eigenvalue weighted by Crippen LogP contribution is 1.99. The average Bonchev–Trinajstić information content (AvgIpc) is 2.46. The molecule has 0 saturated heterocycles. The van der Waals surface area contributed by atoms with Gasteiger partial charge in [0.1, 0.15) is 0 Å². The Bertz CT molecular complexity index is 380. The third-order valence-corrected chi connectivity index (χ3v) is 2.58. The van der Waals surface area contributed by atoms with Gasteiger partial charge in [0.2, 0.25) is 0 Å². The van der Waals surface area contributed by atoms with Crippen LogP contribution in [0.15, 0.2) is 12.2 Å². The maximum atomic E-state index is 11.3. The number of hydrogen-bond donors (Lipinski definition) is 2. The molecule has 0 atom stereocenters. The van der Waals surface area contributed by atoms with Crippen molar-refractivity contribution in [2.24, 2.45) is 0 Å². The summed E-state index contributed by atoms with van der Waals surface area (Å²) in [5, 5.41) is 5.51. The van der Waals surface area contributed by atoms with E-state index in [2.05, 4.69) is 15.4 Å². The molecule has 0 aliphatic rings. The molecule has 0 aliphatic heterocycles. The number of esters is 2. The molecule has 7 heteroatoms. The first-order chi connectivity index (χ1) is 10.5. The lowest BCUT2D eigenvalue weighted by molar-refractivity contribution is -0.139. The smallest absolute Gasteiger partial charge is 0.331 e. The molecule has 0 aliphatic carbocycles. The Kier molecular flexibility index (Phi) is 11.5. The van der Waals surface area contributed by atoms with E-state index < -0.39 is 11.9 Å². The standard InChI is InChI=1S/C15H26N2O5/c1-12(2)17-15(20)16-10-6-4-5-7-11-22-14(19)9-8-13(18)21-3/h8-9,12H,4-7,10-11H2,1-3H3,(H2,16,17,20)/b9-8+. The summed E-state index contributed by atoms with van der Waals surface area (Å²) in [5.41, 5.74) is 0. The second-order valence-corrected chi connectivity index (χ2v) is 4.99. The van der Waals surface area contributed by atoms with Crippen LogP contribution in [-0.2, 0) is 19.1 Å². The minimum absolute atomic E-state index is 0.128. The molecule has 0 bridgehead atoms. The van der Waals surface area contributed by atoms with E-state index in [1.165, 1.54) is 7.11 Å². The van der Waals surface area contributed by atoms with Crippen LogP contribution in [0.25, 0.3) is 0 Å². The Morgan fingerprint density at radius 1 is 1.00 bits per heavy atom. The molecule has 0 spiro atoms. The number of nitrogens with one attached hydrogen (secondary N) is 2. The van der Waals surface area contributed by atoms with Crippen molar-refractivity contribution in [3.8, 4) is 0 Å². The van der Waals surface area contributed by atoms with Crippen molar-refractivity contribution >= 4 is 18.0 Å². The van der Waals surface area contributed by atoms with E-state index in [0.29, 0.717) is 13.2 Å². The van der Waals surface area contributed by atoms with E-state index in [9.17, 15) is 14.4 Å². The molecule has 2 amide bonds. The SMILES string of the molecule is COC(=O)/C=C/C(=O)OCCCCCCNC(=O)NC(C)C. The zero-order valence-electron chi connectivity index (χ0n) is 13.5. The summed E-state index contributed by atoms with van der Waals surface area (Å²) in [7, 11) is 1.24. The van der Waals surface area contributed by atoms with Crippen molar-refractivity contribution < 1.29 is 23.9 Å². The van der Waals surface area contributed by atoms with Gasteiger partial charge in [-0.1, -0.05) is 6.42 Å². The van der Waals surface area contributed by atoms with Gasteiger partial charge in [-0.3, -0.25) is 0 Å². The van der Waals surface area contributed by atoms with Crippen molar-refractivity contribution in [2.75, 3.05) is 20.3 Å². The van der Waals surface area contributed by atoms with Gasteiger partial charge in [-0.05, 0) is 33.1 Å². The topological polar surface area (TPSA) is 93.7 Å². The fourth-order valence-electron chi connectivity index (χ4n) is 1.52. The molecular weight excluding hydrogens is 288 g/mol. The molecular formula is C15H26N2O5. The largest absolute Gasteiger partial charge is 0.466 e. The number of amides is 2. The van der Waals surface area contributed by atoms with Crippen molar-refractivity contribution in [1.82, 2.24) is 10.6 Å². The summed E-state index contributed by atoms with van der Waals surface area (Å²) in [5.74, 6) is -1.15.